The molecule has 2 atom stereocenters. The highest BCUT2D eigenvalue weighted by Crippen LogP contribution is 2.28. The van der Waals surface area contributed by atoms with Crippen molar-refractivity contribution in [2.24, 2.45) is 0 Å². The molecule has 2 rings (SSSR count). The third-order valence-corrected chi connectivity index (χ3v) is 3.78. The van der Waals surface area contributed by atoms with Crippen molar-refractivity contribution in [1.82, 2.24) is 5.32 Å². The van der Waals surface area contributed by atoms with Gasteiger partial charge in [-0.1, -0.05) is 24.3 Å². The van der Waals surface area contributed by atoms with Crippen LogP contribution in [0.1, 0.15) is 22.0 Å². The van der Waals surface area contributed by atoms with Gasteiger partial charge in [-0.2, -0.15) is 0 Å². The number of methoxy groups -OCH3 is 1. The Balaban J connectivity index is 2.26. The molecular formula is C20H18FNO7. The summed E-state index contributed by atoms with van der Waals surface area (Å²) in [6.07, 6.45) is -1.71. The van der Waals surface area contributed by atoms with Gasteiger partial charge in [-0.15, -0.1) is 0 Å². The second-order valence-electron chi connectivity index (χ2n) is 5.75. The van der Waals surface area contributed by atoms with E-state index >= 15 is 0 Å². The van der Waals surface area contributed by atoms with Gasteiger partial charge in [0.1, 0.15) is 6.10 Å². The number of hydrogen-bond acceptors (Lipinski definition) is 6. The summed E-state index contributed by atoms with van der Waals surface area (Å²) < 4.78 is 24.2. The monoisotopic (exact) mass is 403 g/mol. The Kier molecular flexibility index (Phi) is 7.44. The average Bonchev–Trinajstić information content (AvgIpc) is 2.70. The molecule has 152 valence electrons. The van der Waals surface area contributed by atoms with Crippen LogP contribution in [0, 0.1) is 5.82 Å². The maximum Gasteiger partial charge on any atom is 0.414 e. The summed E-state index contributed by atoms with van der Waals surface area (Å²) in [7, 11) is 1.23. The quantitative estimate of drug-likeness (QED) is 0.608. The highest BCUT2D eigenvalue weighted by Gasteiger charge is 2.27. The average molecular weight is 403 g/mol. The van der Waals surface area contributed by atoms with Crippen molar-refractivity contribution >= 4 is 18.0 Å². The van der Waals surface area contributed by atoms with E-state index in [1.807, 2.05) is 5.32 Å². The van der Waals surface area contributed by atoms with Crippen LogP contribution in [0.3, 0.4) is 0 Å². The van der Waals surface area contributed by atoms with Crippen LogP contribution in [0.4, 0.5) is 9.18 Å². The molecule has 0 aromatic heterocycles. The minimum absolute atomic E-state index is 0.0736. The largest absolute Gasteiger partial charge is 0.505 e. The van der Waals surface area contributed by atoms with E-state index in [0.717, 1.165) is 24.3 Å². The van der Waals surface area contributed by atoms with Crippen molar-refractivity contribution in [2.45, 2.75) is 12.2 Å². The lowest BCUT2D eigenvalue weighted by Crippen LogP contribution is -2.34. The van der Waals surface area contributed by atoms with E-state index in [9.17, 15) is 23.9 Å². The van der Waals surface area contributed by atoms with Crippen LogP contribution >= 0.6 is 0 Å². The number of phenolic OH excluding ortho intramolecular Hbond substituents is 1. The molecule has 0 radical (unpaired) electrons. The SMILES string of the molecule is CO[C@@H](/C=C/C(=O)O)[C@@H](OC(=O)NC(=O)c1ccccc1)c1ccc(O)c(F)c1. The molecule has 0 aliphatic heterocycles. The molecule has 0 saturated carbocycles. The first-order chi connectivity index (χ1) is 13.8. The van der Waals surface area contributed by atoms with Crippen molar-refractivity contribution in [2.75, 3.05) is 7.11 Å². The summed E-state index contributed by atoms with van der Waals surface area (Å²) in [6, 6.07) is 11.1. The smallest absolute Gasteiger partial charge is 0.414 e. The Labute approximate surface area is 165 Å². The van der Waals surface area contributed by atoms with Gasteiger partial charge in [0.15, 0.2) is 17.7 Å². The summed E-state index contributed by atoms with van der Waals surface area (Å²) in [6.45, 7) is 0. The number of amides is 2. The van der Waals surface area contributed by atoms with Crippen molar-refractivity contribution in [3.8, 4) is 5.75 Å². The zero-order valence-electron chi connectivity index (χ0n) is 15.2. The molecule has 0 aliphatic carbocycles. The first-order valence-electron chi connectivity index (χ1n) is 8.31. The first-order valence-corrected chi connectivity index (χ1v) is 8.31. The fourth-order valence-electron chi connectivity index (χ4n) is 2.40. The second kappa shape index (κ2) is 10.00. The van der Waals surface area contributed by atoms with Gasteiger partial charge in [0.2, 0.25) is 0 Å². The maximum absolute atomic E-state index is 13.8. The molecule has 0 fully saturated rings. The van der Waals surface area contributed by atoms with Crippen LogP contribution in [0.2, 0.25) is 0 Å². The number of carboxylic acid groups (broad SMARTS) is 1. The normalized spacial score (nSPS) is 12.9. The number of alkyl carbamates (subject to hydrolysis) is 1. The van der Waals surface area contributed by atoms with Gasteiger partial charge in [0.05, 0.1) is 0 Å². The Morgan fingerprint density at radius 3 is 2.41 bits per heavy atom. The van der Waals surface area contributed by atoms with E-state index in [4.69, 9.17) is 14.6 Å². The number of imide groups is 1. The number of carbonyl (C=O) groups is 3. The number of carbonyl (C=O) groups excluding carboxylic acids is 2. The number of aliphatic carboxylic acids is 1. The zero-order valence-corrected chi connectivity index (χ0v) is 15.2. The maximum atomic E-state index is 13.8. The minimum atomic E-state index is -1.31. The van der Waals surface area contributed by atoms with Crippen LogP contribution in [0.25, 0.3) is 0 Å². The minimum Gasteiger partial charge on any atom is -0.505 e. The van der Waals surface area contributed by atoms with Crippen LogP contribution in [0.15, 0.2) is 60.7 Å². The number of ether oxygens (including phenoxy) is 2. The van der Waals surface area contributed by atoms with Gasteiger partial charge in [0, 0.05) is 18.7 Å². The van der Waals surface area contributed by atoms with Crippen LogP contribution in [0.5, 0.6) is 5.75 Å². The molecule has 2 aromatic rings. The Hall–Kier alpha value is -3.72. The van der Waals surface area contributed by atoms with Crippen LogP contribution in [-0.4, -0.2) is 41.4 Å². The summed E-state index contributed by atoms with van der Waals surface area (Å²) in [5.41, 5.74) is 0.287. The van der Waals surface area contributed by atoms with Gasteiger partial charge in [0.25, 0.3) is 5.91 Å². The lowest BCUT2D eigenvalue weighted by atomic mass is 10.0. The third kappa shape index (κ3) is 6.15. The number of rotatable bonds is 7. The Bertz CT molecular complexity index is 914. The number of phenols is 1. The van der Waals surface area contributed by atoms with Gasteiger partial charge in [-0.3, -0.25) is 10.1 Å². The standard InChI is InChI=1S/C20H18FNO7/c1-28-16(9-10-17(24)25)18(13-7-8-15(23)14(21)11-13)29-20(27)22-19(26)12-5-3-2-4-6-12/h2-11,16,18,23H,1H3,(H,24,25)(H,22,26,27)/b10-9+/t16-,18-/m0/s1. The highest BCUT2D eigenvalue weighted by molar-refractivity contribution is 6.02. The molecule has 0 aliphatic rings. The van der Waals surface area contributed by atoms with E-state index in [1.54, 1.807) is 18.2 Å². The molecule has 0 bridgehead atoms. The molecular weight excluding hydrogens is 385 g/mol. The molecule has 8 nitrogen and oxygen atoms in total. The van der Waals surface area contributed by atoms with Crippen LogP contribution < -0.4 is 5.32 Å². The van der Waals surface area contributed by atoms with Gasteiger partial charge in [-0.05, 0) is 35.9 Å². The fraction of sp³-hybridized carbons (Fsp3) is 0.150. The molecule has 29 heavy (non-hydrogen) atoms. The first kappa shape index (κ1) is 21.6. The van der Waals surface area contributed by atoms with Crippen molar-refractivity contribution in [3.63, 3.8) is 0 Å². The topological polar surface area (TPSA) is 122 Å². The predicted octanol–water partition coefficient (Wildman–Crippen LogP) is 2.79. The number of aromatic hydroxyl groups is 1. The molecule has 2 aromatic carbocycles. The van der Waals surface area contributed by atoms with Crippen molar-refractivity contribution in [1.29, 1.82) is 0 Å². The summed E-state index contributed by atoms with van der Waals surface area (Å²) in [5, 5.41) is 20.2. The van der Waals surface area contributed by atoms with Gasteiger partial charge >= 0.3 is 12.1 Å². The van der Waals surface area contributed by atoms with E-state index in [2.05, 4.69) is 0 Å². The molecule has 0 saturated heterocycles. The molecule has 3 N–H and O–H groups in total. The predicted molar refractivity (Wildman–Crippen MR) is 98.8 cm³/mol. The lowest BCUT2D eigenvalue weighted by molar-refractivity contribution is -0.131. The van der Waals surface area contributed by atoms with E-state index < -0.39 is 41.7 Å². The van der Waals surface area contributed by atoms with Crippen molar-refractivity contribution < 1.29 is 38.5 Å². The molecule has 0 heterocycles. The Morgan fingerprint density at radius 1 is 1.14 bits per heavy atom. The number of benzene rings is 2. The molecule has 0 spiro atoms. The fourth-order valence-corrected chi connectivity index (χ4v) is 2.40. The third-order valence-electron chi connectivity index (χ3n) is 3.78. The zero-order chi connectivity index (χ0) is 21.4. The number of carboxylic acids is 1. The van der Waals surface area contributed by atoms with Crippen LogP contribution in [-0.2, 0) is 14.3 Å². The van der Waals surface area contributed by atoms with Gasteiger partial charge in [-0.25, -0.2) is 14.0 Å². The van der Waals surface area contributed by atoms with E-state index in [0.29, 0.717) is 0 Å². The molecule has 2 amide bonds. The Morgan fingerprint density at radius 2 is 1.83 bits per heavy atom. The molecule has 9 heteroatoms. The molecule has 0 unspecified atom stereocenters. The van der Waals surface area contributed by atoms with E-state index in [1.165, 1.54) is 25.3 Å². The summed E-state index contributed by atoms with van der Waals surface area (Å²) >= 11 is 0. The number of nitrogens with one attached hydrogen (secondary N) is 1. The summed E-state index contributed by atoms with van der Waals surface area (Å²) in [4.78, 5) is 35.1. The lowest BCUT2D eigenvalue weighted by Gasteiger charge is -2.24. The van der Waals surface area contributed by atoms with E-state index in [-0.39, 0.29) is 11.1 Å². The highest BCUT2D eigenvalue weighted by atomic mass is 19.1. The number of halogens is 1. The summed E-state index contributed by atoms with van der Waals surface area (Å²) in [5.74, 6) is -3.59. The van der Waals surface area contributed by atoms with Crippen molar-refractivity contribution in [3.05, 3.63) is 77.6 Å². The number of hydrogen-bond donors (Lipinski definition) is 3. The second-order valence-corrected chi connectivity index (χ2v) is 5.75. The van der Waals surface area contributed by atoms with Gasteiger partial charge < -0.3 is 19.7 Å².